The lowest BCUT2D eigenvalue weighted by atomic mass is 9.84. The predicted octanol–water partition coefficient (Wildman–Crippen LogP) is 4.19. The Bertz CT molecular complexity index is 1010. The number of anilines is 1. The summed E-state index contributed by atoms with van der Waals surface area (Å²) in [6.07, 6.45) is 2.56. The number of amides is 2. The van der Waals surface area contributed by atoms with Crippen molar-refractivity contribution in [2.24, 2.45) is 0 Å². The standard InChI is InChI=1S/C25H32F2N2O4/c1-24(2,3)33-18(30)7-6-11-28-12-10-17(22(28)31)29-21-16(26)13-15(14-8-9-14)20(27)19(21)25(4,5)23(29)32/h13-14,17H,6-12H2,1-5H3. The molecule has 1 saturated carbocycles. The molecule has 2 amide bonds. The summed E-state index contributed by atoms with van der Waals surface area (Å²) in [5.74, 6) is -2.27. The Labute approximate surface area is 193 Å². The summed E-state index contributed by atoms with van der Waals surface area (Å²) in [7, 11) is 0. The van der Waals surface area contributed by atoms with Crippen LogP contribution in [-0.4, -0.2) is 47.4 Å². The third-order valence-corrected chi connectivity index (χ3v) is 6.66. The highest BCUT2D eigenvalue weighted by Crippen LogP contribution is 2.51. The van der Waals surface area contributed by atoms with Crippen molar-refractivity contribution in [2.75, 3.05) is 18.0 Å². The first-order valence-corrected chi connectivity index (χ1v) is 11.7. The molecule has 33 heavy (non-hydrogen) atoms. The van der Waals surface area contributed by atoms with Gasteiger partial charge in [0.2, 0.25) is 11.8 Å². The maximum absolute atomic E-state index is 15.4. The van der Waals surface area contributed by atoms with Crippen LogP contribution in [0.15, 0.2) is 6.07 Å². The van der Waals surface area contributed by atoms with E-state index in [1.807, 2.05) is 0 Å². The Morgan fingerprint density at radius 2 is 1.85 bits per heavy atom. The molecule has 1 aromatic rings. The fraction of sp³-hybridized carbons (Fsp3) is 0.640. The van der Waals surface area contributed by atoms with Gasteiger partial charge in [-0.25, -0.2) is 8.78 Å². The fourth-order valence-electron chi connectivity index (χ4n) is 4.93. The van der Waals surface area contributed by atoms with Crippen molar-refractivity contribution < 1.29 is 27.9 Å². The number of rotatable bonds is 6. The molecular weight excluding hydrogens is 430 g/mol. The Balaban J connectivity index is 1.51. The highest BCUT2D eigenvalue weighted by atomic mass is 19.1. The highest BCUT2D eigenvalue weighted by Gasteiger charge is 2.53. The average molecular weight is 463 g/mol. The van der Waals surface area contributed by atoms with Gasteiger partial charge in [-0.3, -0.25) is 19.3 Å². The van der Waals surface area contributed by atoms with Crippen LogP contribution in [-0.2, 0) is 24.5 Å². The summed E-state index contributed by atoms with van der Waals surface area (Å²) < 4.78 is 36.0. The molecular formula is C25H32F2N2O4. The minimum absolute atomic E-state index is 0.00155. The third-order valence-electron chi connectivity index (χ3n) is 6.66. The Morgan fingerprint density at radius 1 is 1.18 bits per heavy atom. The van der Waals surface area contributed by atoms with Crippen LogP contribution in [0.5, 0.6) is 0 Å². The zero-order valence-corrected chi connectivity index (χ0v) is 20.0. The summed E-state index contributed by atoms with van der Waals surface area (Å²) in [5, 5.41) is 0. The minimum Gasteiger partial charge on any atom is -0.460 e. The van der Waals surface area contributed by atoms with Gasteiger partial charge in [0.25, 0.3) is 0 Å². The zero-order valence-electron chi connectivity index (χ0n) is 20.0. The number of ether oxygens (including phenoxy) is 1. The number of hydrogen-bond acceptors (Lipinski definition) is 4. The normalized spacial score (nSPS) is 22.2. The van der Waals surface area contributed by atoms with Crippen LogP contribution >= 0.6 is 0 Å². The second kappa shape index (κ2) is 8.06. The van der Waals surface area contributed by atoms with Crippen LogP contribution < -0.4 is 4.90 Å². The number of hydrogen-bond donors (Lipinski definition) is 0. The fourth-order valence-corrected chi connectivity index (χ4v) is 4.93. The van der Waals surface area contributed by atoms with Crippen LogP contribution in [0.1, 0.15) is 83.8 Å². The van der Waals surface area contributed by atoms with Gasteiger partial charge < -0.3 is 9.64 Å². The Kier molecular flexibility index (Phi) is 5.78. The molecule has 0 spiro atoms. The van der Waals surface area contributed by atoms with Gasteiger partial charge in [-0.05, 0) is 77.8 Å². The minimum atomic E-state index is -1.25. The molecule has 0 N–H and O–H groups in total. The second-order valence-electron chi connectivity index (χ2n) is 10.9. The molecule has 0 bridgehead atoms. The van der Waals surface area contributed by atoms with E-state index >= 15 is 8.78 Å². The average Bonchev–Trinajstić information content (AvgIpc) is 3.44. The molecule has 1 unspecified atom stereocenters. The van der Waals surface area contributed by atoms with E-state index in [4.69, 9.17) is 4.74 Å². The predicted molar refractivity (Wildman–Crippen MR) is 119 cm³/mol. The van der Waals surface area contributed by atoms with Crippen molar-refractivity contribution in [1.29, 1.82) is 0 Å². The van der Waals surface area contributed by atoms with Crippen molar-refractivity contribution in [1.82, 2.24) is 4.90 Å². The first kappa shape index (κ1) is 23.6. The van der Waals surface area contributed by atoms with Crippen LogP contribution in [0.4, 0.5) is 14.5 Å². The Hall–Kier alpha value is -2.51. The highest BCUT2D eigenvalue weighted by molar-refractivity contribution is 6.12. The second-order valence-corrected chi connectivity index (χ2v) is 10.9. The van der Waals surface area contributed by atoms with Gasteiger partial charge in [-0.1, -0.05) is 0 Å². The number of likely N-dealkylation sites (tertiary alicyclic amines) is 1. The number of benzene rings is 1. The van der Waals surface area contributed by atoms with Gasteiger partial charge >= 0.3 is 5.97 Å². The lowest BCUT2D eigenvalue weighted by Gasteiger charge is -2.26. The molecule has 2 heterocycles. The molecule has 180 valence electrons. The van der Waals surface area contributed by atoms with Crippen molar-refractivity contribution >= 4 is 23.5 Å². The summed E-state index contributed by atoms with van der Waals surface area (Å²) >= 11 is 0. The molecule has 0 radical (unpaired) electrons. The van der Waals surface area contributed by atoms with Gasteiger partial charge in [-0.2, -0.15) is 0 Å². The van der Waals surface area contributed by atoms with E-state index in [0.29, 0.717) is 31.5 Å². The van der Waals surface area contributed by atoms with Gasteiger partial charge in [0.15, 0.2) is 0 Å². The third kappa shape index (κ3) is 4.24. The van der Waals surface area contributed by atoms with E-state index in [1.165, 1.54) is 11.0 Å². The van der Waals surface area contributed by atoms with E-state index in [1.54, 1.807) is 39.5 Å². The van der Waals surface area contributed by atoms with Crippen molar-refractivity contribution in [3.05, 3.63) is 28.8 Å². The van der Waals surface area contributed by atoms with E-state index < -0.39 is 34.6 Å². The maximum Gasteiger partial charge on any atom is 0.306 e. The van der Waals surface area contributed by atoms with Gasteiger partial charge in [-0.15, -0.1) is 0 Å². The first-order chi connectivity index (χ1) is 15.3. The number of nitrogens with zero attached hydrogens (tertiary/aromatic N) is 2. The number of esters is 1. The number of carbonyl (C=O) groups is 3. The SMILES string of the molecule is CC(C)(C)OC(=O)CCCN1CCC(N2C(=O)C(C)(C)c3c(F)c(C4CC4)cc(F)c32)C1=O. The van der Waals surface area contributed by atoms with Gasteiger partial charge in [0.05, 0.1) is 11.1 Å². The first-order valence-electron chi connectivity index (χ1n) is 11.7. The van der Waals surface area contributed by atoms with Crippen molar-refractivity contribution in [3.63, 3.8) is 0 Å². The summed E-state index contributed by atoms with van der Waals surface area (Å²) in [6, 6.07) is 0.325. The zero-order chi connectivity index (χ0) is 24.3. The number of halogens is 2. The van der Waals surface area contributed by atoms with Crippen molar-refractivity contribution in [2.45, 2.75) is 89.7 Å². The molecule has 6 nitrogen and oxygen atoms in total. The lowest BCUT2D eigenvalue weighted by molar-refractivity contribution is -0.155. The van der Waals surface area contributed by atoms with Crippen LogP contribution in [0.3, 0.4) is 0 Å². The van der Waals surface area contributed by atoms with E-state index in [2.05, 4.69) is 0 Å². The number of carbonyl (C=O) groups excluding carboxylic acids is 3. The smallest absolute Gasteiger partial charge is 0.306 e. The molecule has 2 fully saturated rings. The molecule has 3 aliphatic rings. The summed E-state index contributed by atoms with van der Waals surface area (Å²) in [4.78, 5) is 41.2. The quantitative estimate of drug-likeness (QED) is 0.595. The summed E-state index contributed by atoms with van der Waals surface area (Å²) in [6.45, 7) is 9.28. The van der Waals surface area contributed by atoms with Crippen LogP contribution in [0.2, 0.25) is 0 Å². The molecule has 1 aromatic carbocycles. The summed E-state index contributed by atoms with van der Waals surface area (Å²) in [5.41, 5.74) is -1.53. The van der Waals surface area contributed by atoms with E-state index in [-0.39, 0.29) is 35.5 Å². The largest absolute Gasteiger partial charge is 0.460 e. The Morgan fingerprint density at radius 3 is 2.45 bits per heavy atom. The monoisotopic (exact) mass is 462 g/mol. The topological polar surface area (TPSA) is 66.9 Å². The number of fused-ring (bicyclic) bond motifs is 1. The van der Waals surface area contributed by atoms with Crippen LogP contribution in [0.25, 0.3) is 0 Å². The van der Waals surface area contributed by atoms with Gasteiger partial charge in [0.1, 0.15) is 23.3 Å². The molecule has 0 aromatic heterocycles. The molecule has 1 saturated heterocycles. The van der Waals surface area contributed by atoms with Crippen molar-refractivity contribution in [3.8, 4) is 0 Å². The molecule has 4 rings (SSSR count). The maximum atomic E-state index is 15.4. The van der Waals surface area contributed by atoms with Gasteiger partial charge in [0, 0.05) is 25.1 Å². The van der Waals surface area contributed by atoms with Crippen LogP contribution in [0, 0.1) is 11.6 Å². The molecule has 2 aliphatic heterocycles. The molecule has 8 heteroatoms. The lowest BCUT2D eigenvalue weighted by Crippen LogP contribution is -2.47. The van der Waals surface area contributed by atoms with E-state index in [9.17, 15) is 14.4 Å². The molecule has 1 atom stereocenters. The van der Waals surface area contributed by atoms with E-state index in [0.717, 1.165) is 12.8 Å². The molecule has 1 aliphatic carbocycles.